The molecule has 2 aromatic rings. The summed E-state index contributed by atoms with van der Waals surface area (Å²) in [5, 5.41) is 2.76. The van der Waals surface area contributed by atoms with Gasteiger partial charge in [0.15, 0.2) is 6.61 Å². The van der Waals surface area contributed by atoms with Crippen LogP contribution >= 0.6 is 0 Å². The van der Waals surface area contributed by atoms with Crippen LogP contribution in [0.4, 0.5) is 5.69 Å². The highest BCUT2D eigenvalue weighted by Gasteiger charge is 2.12. The Labute approximate surface area is 142 Å². The van der Waals surface area contributed by atoms with Crippen molar-refractivity contribution in [3.05, 3.63) is 54.4 Å². The van der Waals surface area contributed by atoms with Crippen LogP contribution in [-0.4, -0.2) is 43.2 Å². The van der Waals surface area contributed by atoms with Gasteiger partial charge in [0.05, 0.1) is 0 Å². The van der Waals surface area contributed by atoms with Gasteiger partial charge in [0.25, 0.3) is 5.91 Å². The van der Waals surface area contributed by atoms with Crippen LogP contribution in [0.15, 0.2) is 48.7 Å². The van der Waals surface area contributed by atoms with Gasteiger partial charge in [-0.3, -0.25) is 4.79 Å². The molecule has 1 amide bonds. The van der Waals surface area contributed by atoms with E-state index in [1.807, 2.05) is 37.4 Å². The fourth-order valence-corrected chi connectivity index (χ4v) is 2.28. The number of anilines is 1. The lowest BCUT2D eigenvalue weighted by Gasteiger charge is -2.19. The lowest BCUT2D eigenvalue weighted by atomic mass is 10.3. The largest absolute Gasteiger partial charge is 0.451 e. The monoisotopic (exact) mass is 329 g/mol. The van der Waals surface area contributed by atoms with Crippen molar-refractivity contribution in [2.75, 3.05) is 31.6 Å². The van der Waals surface area contributed by atoms with Crippen molar-refractivity contribution >= 4 is 17.6 Å². The van der Waals surface area contributed by atoms with Crippen molar-refractivity contribution in [3.8, 4) is 0 Å². The lowest BCUT2D eigenvalue weighted by molar-refractivity contribution is -0.124. The van der Waals surface area contributed by atoms with Crippen molar-refractivity contribution in [1.29, 1.82) is 0 Å². The molecule has 0 unspecified atom stereocenters. The minimum absolute atomic E-state index is 0.265. The van der Waals surface area contributed by atoms with Crippen LogP contribution < -0.4 is 10.2 Å². The third kappa shape index (κ3) is 5.15. The van der Waals surface area contributed by atoms with E-state index in [4.69, 9.17) is 4.74 Å². The van der Waals surface area contributed by atoms with E-state index in [1.54, 1.807) is 29.9 Å². The maximum Gasteiger partial charge on any atom is 0.355 e. The Kier molecular flexibility index (Phi) is 6.42. The Morgan fingerprint density at radius 1 is 1.17 bits per heavy atom. The first-order chi connectivity index (χ1) is 11.6. The van der Waals surface area contributed by atoms with Crippen LogP contribution in [0.1, 0.15) is 16.9 Å². The Morgan fingerprint density at radius 2 is 1.92 bits per heavy atom. The van der Waals surface area contributed by atoms with Crippen molar-refractivity contribution in [1.82, 2.24) is 9.88 Å². The van der Waals surface area contributed by atoms with E-state index >= 15 is 0 Å². The van der Waals surface area contributed by atoms with Crippen LogP contribution in [0.2, 0.25) is 0 Å². The summed E-state index contributed by atoms with van der Waals surface area (Å²) in [4.78, 5) is 25.6. The zero-order valence-corrected chi connectivity index (χ0v) is 14.1. The first-order valence-corrected chi connectivity index (χ1v) is 7.89. The second kappa shape index (κ2) is 8.76. The van der Waals surface area contributed by atoms with Crippen LogP contribution in [0, 0.1) is 0 Å². The topological polar surface area (TPSA) is 63.6 Å². The molecule has 24 heavy (non-hydrogen) atoms. The van der Waals surface area contributed by atoms with Gasteiger partial charge in [-0.15, -0.1) is 0 Å². The van der Waals surface area contributed by atoms with E-state index in [0.29, 0.717) is 12.2 Å². The highest BCUT2D eigenvalue weighted by molar-refractivity contribution is 5.89. The number of carbonyl (C=O) groups excluding carboxylic acids is 2. The minimum Gasteiger partial charge on any atom is -0.451 e. The number of hydrogen-bond donors (Lipinski definition) is 1. The number of nitrogens with zero attached hydrogens (tertiary/aromatic N) is 2. The van der Waals surface area contributed by atoms with Gasteiger partial charge >= 0.3 is 5.97 Å². The molecule has 0 fully saturated rings. The SMILES string of the molecule is CN(CCCNC(=O)COC(=O)c1cccn1C)c1ccccc1. The van der Waals surface area contributed by atoms with Crippen molar-refractivity contribution in [2.45, 2.75) is 6.42 Å². The molecule has 1 aromatic carbocycles. The minimum atomic E-state index is -0.499. The number of benzene rings is 1. The third-order valence-electron chi connectivity index (χ3n) is 3.68. The molecule has 2 rings (SSSR count). The molecule has 1 N–H and O–H groups in total. The maximum absolute atomic E-state index is 11.8. The highest BCUT2D eigenvalue weighted by atomic mass is 16.5. The van der Waals surface area contributed by atoms with Gasteiger partial charge in [-0.2, -0.15) is 0 Å². The predicted octanol–water partition coefficient (Wildman–Crippen LogP) is 1.82. The highest BCUT2D eigenvalue weighted by Crippen LogP contribution is 2.10. The van der Waals surface area contributed by atoms with E-state index < -0.39 is 5.97 Å². The Morgan fingerprint density at radius 3 is 2.58 bits per heavy atom. The van der Waals surface area contributed by atoms with Gasteiger partial charge in [-0.05, 0) is 30.7 Å². The summed E-state index contributed by atoms with van der Waals surface area (Å²) >= 11 is 0. The van der Waals surface area contributed by atoms with Gasteiger partial charge in [0.1, 0.15) is 5.69 Å². The summed E-state index contributed by atoms with van der Waals surface area (Å²) in [6.45, 7) is 1.10. The molecule has 0 spiro atoms. The Bertz CT molecular complexity index is 667. The number of aryl methyl sites for hydroxylation is 1. The van der Waals surface area contributed by atoms with Crippen molar-refractivity contribution < 1.29 is 14.3 Å². The van der Waals surface area contributed by atoms with E-state index in [9.17, 15) is 9.59 Å². The normalized spacial score (nSPS) is 10.2. The summed E-state index contributed by atoms with van der Waals surface area (Å²) in [6, 6.07) is 13.5. The molecule has 0 saturated carbocycles. The zero-order chi connectivity index (χ0) is 17.4. The molecule has 1 aromatic heterocycles. The Hall–Kier alpha value is -2.76. The lowest BCUT2D eigenvalue weighted by Crippen LogP contribution is -2.31. The molecular weight excluding hydrogens is 306 g/mol. The molecule has 6 nitrogen and oxygen atoms in total. The first-order valence-electron chi connectivity index (χ1n) is 7.89. The van der Waals surface area contributed by atoms with E-state index in [0.717, 1.165) is 18.7 Å². The van der Waals surface area contributed by atoms with Gasteiger partial charge in [0.2, 0.25) is 0 Å². The molecule has 1 heterocycles. The second-order valence-electron chi connectivity index (χ2n) is 5.54. The van der Waals surface area contributed by atoms with Crippen molar-refractivity contribution in [3.63, 3.8) is 0 Å². The molecule has 0 radical (unpaired) electrons. The number of para-hydroxylation sites is 1. The summed E-state index contributed by atoms with van der Waals surface area (Å²) < 4.78 is 6.65. The zero-order valence-electron chi connectivity index (χ0n) is 14.1. The number of hydrogen-bond acceptors (Lipinski definition) is 4. The van der Waals surface area contributed by atoms with Crippen LogP contribution in [0.5, 0.6) is 0 Å². The molecule has 0 saturated heterocycles. The standard InChI is InChI=1S/C18H23N3O3/c1-20(15-8-4-3-5-9-15)13-7-11-19-17(22)14-24-18(23)16-10-6-12-21(16)2/h3-6,8-10,12H,7,11,13-14H2,1-2H3,(H,19,22). The molecule has 6 heteroatoms. The third-order valence-corrected chi connectivity index (χ3v) is 3.68. The molecule has 0 atom stereocenters. The summed E-state index contributed by atoms with van der Waals surface area (Å²) in [5.74, 6) is -0.790. The number of carbonyl (C=O) groups is 2. The van der Waals surface area contributed by atoms with Crippen LogP contribution in [0.25, 0.3) is 0 Å². The summed E-state index contributed by atoms with van der Waals surface area (Å²) in [6.07, 6.45) is 2.56. The summed E-state index contributed by atoms with van der Waals surface area (Å²) in [5.41, 5.74) is 1.56. The van der Waals surface area contributed by atoms with Gasteiger partial charge < -0.3 is 19.5 Å². The Balaban J connectivity index is 1.62. The quantitative estimate of drug-likeness (QED) is 0.593. The average Bonchev–Trinajstić information content (AvgIpc) is 3.03. The smallest absolute Gasteiger partial charge is 0.355 e. The number of esters is 1. The second-order valence-corrected chi connectivity index (χ2v) is 5.54. The van der Waals surface area contributed by atoms with Gasteiger partial charge in [-0.25, -0.2) is 4.79 Å². The number of amides is 1. The van der Waals surface area contributed by atoms with Crippen LogP contribution in [-0.2, 0) is 16.6 Å². The number of rotatable bonds is 8. The van der Waals surface area contributed by atoms with Gasteiger partial charge in [-0.1, -0.05) is 18.2 Å². The fraction of sp³-hybridized carbons (Fsp3) is 0.333. The molecular formula is C18H23N3O3. The summed E-state index contributed by atoms with van der Waals surface area (Å²) in [7, 11) is 3.76. The van der Waals surface area contributed by atoms with Crippen LogP contribution in [0.3, 0.4) is 0 Å². The number of ether oxygens (including phenoxy) is 1. The molecule has 0 aliphatic heterocycles. The fourth-order valence-electron chi connectivity index (χ4n) is 2.28. The molecule has 0 aliphatic carbocycles. The van der Waals surface area contributed by atoms with E-state index in [1.165, 1.54) is 0 Å². The number of aromatic nitrogens is 1. The first kappa shape index (κ1) is 17.6. The van der Waals surface area contributed by atoms with Crippen molar-refractivity contribution in [2.24, 2.45) is 7.05 Å². The average molecular weight is 329 g/mol. The number of nitrogens with one attached hydrogen (secondary N) is 1. The molecule has 0 aliphatic rings. The maximum atomic E-state index is 11.8. The predicted molar refractivity (Wildman–Crippen MR) is 93.0 cm³/mol. The van der Waals surface area contributed by atoms with Gasteiger partial charge in [0, 0.05) is 39.1 Å². The molecule has 0 bridgehead atoms. The van der Waals surface area contributed by atoms with E-state index in [-0.39, 0.29) is 12.5 Å². The van der Waals surface area contributed by atoms with E-state index in [2.05, 4.69) is 10.2 Å². The molecule has 128 valence electrons.